The molecule has 0 aromatic heterocycles. The fourth-order valence-corrected chi connectivity index (χ4v) is 6.51. The van der Waals surface area contributed by atoms with Crippen LogP contribution in [0.1, 0.15) is 99.3 Å². The van der Waals surface area contributed by atoms with Gasteiger partial charge < -0.3 is 15.5 Å². The maximum absolute atomic E-state index is 4.76. The predicted octanol–water partition coefficient (Wildman–Crippen LogP) is 7.55. The third-order valence-electron chi connectivity index (χ3n) is 8.99. The van der Waals surface area contributed by atoms with Gasteiger partial charge in [0.2, 0.25) is 0 Å². The van der Waals surface area contributed by atoms with E-state index in [0.717, 1.165) is 43.5 Å². The van der Waals surface area contributed by atoms with Crippen LogP contribution in [0.2, 0.25) is 0 Å². The van der Waals surface area contributed by atoms with Crippen molar-refractivity contribution in [3.05, 3.63) is 49.0 Å². The van der Waals surface area contributed by atoms with Crippen LogP contribution in [0.5, 0.6) is 0 Å². The molecule has 0 radical (unpaired) electrons. The monoisotopic (exact) mass is 467 g/mol. The Labute approximate surface area is 211 Å². The summed E-state index contributed by atoms with van der Waals surface area (Å²) in [5, 5.41) is 7.69. The van der Waals surface area contributed by atoms with Crippen molar-refractivity contribution >= 4 is 0 Å². The summed E-state index contributed by atoms with van der Waals surface area (Å²) < 4.78 is 0. The molecule has 0 aromatic carbocycles. The topological polar surface area (TPSA) is 27.3 Å². The molecule has 3 aliphatic rings. The zero-order chi connectivity index (χ0) is 25.3. The highest BCUT2D eigenvalue weighted by atomic mass is 15.3. The Hall–Kier alpha value is -1.64. The van der Waals surface area contributed by atoms with Crippen LogP contribution < -0.4 is 10.6 Å². The standard InChI is InChI=1S/C31H53N3/c1-11-22(4)28-26-19-25(26)20-34(28)23(5)29(31(10)17-13-12-14-18-31)33-24(6)32-27(30(7,8)9)16-15-21(2)3/h25-29,32-33H,2,4-6,11-20H2,1,3,7-10H3/t25-,26-,27?,28?,29?/m0/s1. The highest BCUT2D eigenvalue weighted by Gasteiger charge is 2.54. The van der Waals surface area contributed by atoms with Crippen LogP contribution in [0.25, 0.3) is 0 Å². The van der Waals surface area contributed by atoms with E-state index in [9.17, 15) is 0 Å². The summed E-state index contributed by atoms with van der Waals surface area (Å²) in [6.07, 6.45) is 11.0. The molecule has 5 atom stereocenters. The molecule has 3 fully saturated rings. The van der Waals surface area contributed by atoms with Gasteiger partial charge in [-0.05, 0) is 68.1 Å². The summed E-state index contributed by atoms with van der Waals surface area (Å²) in [5.41, 5.74) is 4.21. The molecule has 3 nitrogen and oxygen atoms in total. The van der Waals surface area contributed by atoms with Crippen molar-refractivity contribution < 1.29 is 0 Å². The van der Waals surface area contributed by atoms with Crippen LogP contribution in [0.3, 0.4) is 0 Å². The number of piperidine rings is 1. The lowest BCUT2D eigenvalue weighted by Crippen LogP contribution is -2.53. The first-order valence-corrected chi connectivity index (χ1v) is 13.9. The molecule has 3 rings (SSSR count). The van der Waals surface area contributed by atoms with Gasteiger partial charge in [0.05, 0.1) is 17.9 Å². The second kappa shape index (κ2) is 10.5. The van der Waals surface area contributed by atoms with Gasteiger partial charge >= 0.3 is 0 Å². The Morgan fingerprint density at radius 2 is 1.71 bits per heavy atom. The average Bonchev–Trinajstić information content (AvgIpc) is 3.42. The molecule has 0 bridgehead atoms. The minimum absolute atomic E-state index is 0.140. The number of fused-ring (bicyclic) bond motifs is 1. The molecule has 1 heterocycles. The van der Waals surface area contributed by atoms with Gasteiger partial charge in [-0.3, -0.25) is 0 Å². The Balaban J connectivity index is 1.79. The van der Waals surface area contributed by atoms with Crippen molar-refractivity contribution in [3.63, 3.8) is 0 Å². The first kappa shape index (κ1) is 27.0. The van der Waals surface area contributed by atoms with Crippen LogP contribution >= 0.6 is 0 Å². The molecular weight excluding hydrogens is 414 g/mol. The number of allylic oxidation sites excluding steroid dienone is 1. The molecular formula is C31H53N3. The maximum Gasteiger partial charge on any atom is 0.0920 e. The van der Waals surface area contributed by atoms with Crippen molar-refractivity contribution in [2.45, 2.75) is 117 Å². The summed E-state index contributed by atoms with van der Waals surface area (Å²) in [7, 11) is 0. The summed E-state index contributed by atoms with van der Waals surface area (Å²) in [5.74, 6) is 2.56. The molecule has 2 saturated carbocycles. The quantitative estimate of drug-likeness (QED) is 0.290. The third kappa shape index (κ3) is 6.13. The summed E-state index contributed by atoms with van der Waals surface area (Å²) in [6.45, 7) is 32.8. The number of likely N-dealkylation sites (tertiary alicyclic amines) is 1. The highest BCUT2D eigenvalue weighted by Crippen LogP contribution is 2.54. The van der Waals surface area contributed by atoms with E-state index in [1.54, 1.807) is 0 Å². The lowest BCUT2D eigenvalue weighted by atomic mass is 9.69. The average molecular weight is 468 g/mol. The molecule has 3 unspecified atom stereocenters. The molecule has 192 valence electrons. The molecule has 0 aromatic rings. The summed E-state index contributed by atoms with van der Waals surface area (Å²) in [6, 6.07) is 1.00. The van der Waals surface area contributed by atoms with E-state index in [-0.39, 0.29) is 16.9 Å². The van der Waals surface area contributed by atoms with Crippen molar-refractivity contribution in [2.75, 3.05) is 6.54 Å². The van der Waals surface area contributed by atoms with Gasteiger partial charge in [-0.2, -0.15) is 0 Å². The van der Waals surface area contributed by atoms with Gasteiger partial charge in [-0.1, -0.05) is 84.8 Å². The van der Waals surface area contributed by atoms with Crippen molar-refractivity contribution in [2.24, 2.45) is 22.7 Å². The maximum atomic E-state index is 4.76. The zero-order valence-corrected chi connectivity index (χ0v) is 23.2. The van der Waals surface area contributed by atoms with Crippen molar-refractivity contribution in [1.29, 1.82) is 0 Å². The lowest BCUT2D eigenvalue weighted by Gasteiger charge is -2.47. The number of hydrogen-bond donors (Lipinski definition) is 2. The Bertz CT molecular complexity index is 779. The largest absolute Gasteiger partial charge is 0.369 e. The predicted molar refractivity (Wildman–Crippen MR) is 148 cm³/mol. The molecule has 0 amide bonds. The Kier molecular flexibility index (Phi) is 8.36. The zero-order valence-electron chi connectivity index (χ0n) is 23.2. The van der Waals surface area contributed by atoms with Crippen molar-refractivity contribution in [3.8, 4) is 0 Å². The first-order chi connectivity index (χ1) is 15.9. The Morgan fingerprint density at radius 1 is 1.06 bits per heavy atom. The van der Waals surface area contributed by atoms with Gasteiger partial charge in [0.15, 0.2) is 0 Å². The molecule has 1 aliphatic heterocycles. The van der Waals surface area contributed by atoms with Crippen molar-refractivity contribution in [1.82, 2.24) is 15.5 Å². The normalized spacial score (nSPS) is 27.4. The second-order valence-electron chi connectivity index (χ2n) is 13.1. The second-order valence-corrected chi connectivity index (χ2v) is 13.1. The van der Waals surface area contributed by atoms with Gasteiger partial charge in [-0.15, -0.1) is 6.58 Å². The van der Waals surface area contributed by atoms with Gasteiger partial charge in [-0.25, -0.2) is 0 Å². The summed E-state index contributed by atoms with van der Waals surface area (Å²) >= 11 is 0. The van der Waals surface area contributed by atoms with E-state index in [1.807, 2.05) is 0 Å². The van der Waals surface area contributed by atoms with Crippen LogP contribution in [-0.4, -0.2) is 29.6 Å². The van der Waals surface area contributed by atoms with Gasteiger partial charge in [0, 0.05) is 18.3 Å². The van der Waals surface area contributed by atoms with Gasteiger partial charge in [0.25, 0.3) is 0 Å². The molecule has 34 heavy (non-hydrogen) atoms. The van der Waals surface area contributed by atoms with E-state index in [2.05, 4.69) is 76.8 Å². The van der Waals surface area contributed by atoms with E-state index in [1.165, 1.54) is 55.4 Å². The fourth-order valence-electron chi connectivity index (χ4n) is 6.51. The van der Waals surface area contributed by atoms with E-state index >= 15 is 0 Å². The number of hydrogen-bond acceptors (Lipinski definition) is 3. The van der Waals surface area contributed by atoms with Gasteiger partial charge in [0.1, 0.15) is 0 Å². The minimum atomic E-state index is 0.140. The molecule has 1 saturated heterocycles. The third-order valence-corrected chi connectivity index (χ3v) is 8.99. The molecule has 0 spiro atoms. The van der Waals surface area contributed by atoms with Crippen LogP contribution in [0, 0.1) is 22.7 Å². The minimum Gasteiger partial charge on any atom is -0.369 e. The SMILES string of the molecule is C=C(C)CCC(NC(=C)NC(C(=C)N1C[C@@H]2C[C@@H]2C1C(=C)CC)C1(C)CCCCC1)C(C)(C)C. The Morgan fingerprint density at radius 3 is 2.26 bits per heavy atom. The van der Waals surface area contributed by atoms with Crippen LogP contribution in [0.15, 0.2) is 49.0 Å². The highest BCUT2D eigenvalue weighted by molar-refractivity contribution is 5.26. The summed E-state index contributed by atoms with van der Waals surface area (Å²) in [4.78, 5) is 2.62. The van der Waals surface area contributed by atoms with E-state index in [0.29, 0.717) is 12.1 Å². The smallest absolute Gasteiger partial charge is 0.0920 e. The van der Waals surface area contributed by atoms with Crippen LogP contribution in [0.4, 0.5) is 0 Å². The molecule has 2 N–H and O–H groups in total. The molecule has 3 heteroatoms. The number of nitrogens with zero attached hydrogens (tertiary/aromatic N) is 1. The number of nitrogens with one attached hydrogen (secondary N) is 2. The lowest BCUT2D eigenvalue weighted by molar-refractivity contribution is 0.137. The van der Waals surface area contributed by atoms with E-state index < -0.39 is 0 Å². The fraction of sp³-hybridized carbons (Fsp3) is 0.742. The first-order valence-electron chi connectivity index (χ1n) is 13.9. The molecule has 2 aliphatic carbocycles. The van der Waals surface area contributed by atoms with E-state index in [4.69, 9.17) is 6.58 Å². The number of rotatable bonds is 12. The van der Waals surface area contributed by atoms with Crippen LogP contribution in [-0.2, 0) is 0 Å².